The number of rotatable bonds is 6. The van der Waals surface area contributed by atoms with Crippen molar-refractivity contribution in [3.05, 3.63) is 0 Å². The lowest BCUT2D eigenvalue weighted by Crippen LogP contribution is -2.32. The number of hydrogen-bond donors (Lipinski definition) is 1. The largest absolute Gasteiger partial charge is 0.353 e. The maximum absolute atomic E-state index is 11.8. The zero-order valence-electron chi connectivity index (χ0n) is 11.4. The third kappa shape index (κ3) is 4.69. The Hall–Kier alpha value is 0.170. The van der Waals surface area contributed by atoms with Crippen molar-refractivity contribution in [2.24, 2.45) is 0 Å². The van der Waals surface area contributed by atoms with Crippen LogP contribution < -0.4 is 5.32 Å². The molecule has 2 fully saturated rings. The van der Waals surface area contributed by atoms with Gasteiger partial charge < -0.3 is 5.32 Å². The molecule has 0 bridgehead atoms. The van der Waals surface area contributed by atoms with E-state index >= 15 is 0 Å². The summed E-state index contributed by atoms with van der Waals surface area (Å²) in [4.78, 5) is 11.8. The molecule has 1 unspecified atom stereocenters. The average Bonchev–Trinajstić information content (AvgIpc) is 2.97. The first-order valence-corrected chi connectivity index (χ1v) is 9.60. The van der Waals surface area contributed by atoms with Crippen molar-refractivity contribution in [2.45, 2.75) is 75.5 Å². The van der Waals surface area contributed by atoms with Gasteiger partial charge in [-0.25, -0.2) is 0 Å². The van der Waals surface area contributed by atoms with Crippen molar-refractivity contribution in [1.29, 1.82) is 0 Å². The normalized spacial score (nSPS) is 28.7. The Morgan fingerprint density at radius 1 is 1.33 bits per heavy atom. The molecular weight excluding hydrogens is 262 g/mol. The van der Waals surface area contributed by atoms with Crippen LogP contribution in [-0.4, -0.2) is 22.4 Å². The molecule has 1 N–H and O–H groups in total. The summed E-state index contributed by atoms with van der Waals surface area (Å²) >= 11 is 0. The Morgan fingerprint density at radius 3 is 2.78 bits per heavy atom. The first-order chi connectivity index (χ1) is 8.68. The molecule has 1 saturated carbocycles. The van der Waals surface area contributed by atoms with Crippen LogP contribution in [0.5, 0.6) is 0 Å². The Morgan fingerprint density at radius 2 is 2.11 bits per heavy atom. The van der Waals surface area contributed by atoms with E-state index < -0.39 is 0 Å². The Bertz CT molecular complexity index is 271. The molecule has 0 spiro atoms. The second-order valence-electron chi connectivity index (χ2n) is 5.86. The SMILES string of the molecule is CC1(CCCCC(=O)NC2CCCC2)CCSS1. The quantitative estimate of drug-likeness (QED) is 0.588. The number of unbranched alkanes of at least 4 members (excludes halogenated alkanes) is 1. The summed E-state index contributed by atoms with van der Waals surface area (Å²) in [5.74, 6) is 1.57. The lowest BCUT2D eigenvalue weighted by atomic mass is 9.99. The maximum atomic E-state index is 11.8. The molecule has 2 nitrogen and oxygen atoms in total. The van der Waals surface area contributed by atoms with Gasteiger partial charge in [0.1, 0.15) is 0 Å². The fourth-order valence-electron chi connectivity index (χ4n) is 2.80. The van der Waals surface area contributed by atoms with Gasteiger partial charge in [0.25, 0.3) is 0 Å². The van der Waals surface area contributed by atoms with E-state index in [0.717, 1.165) is 12.8 Å². The van der Waals surface area contributed by atoms with Gasteiger partial charge >= 0.3 is 0 Å². The zero-order chi connectivity index (χ0) is 12.8. The minimum atomic E-state index is 0.278. The number of amides is 1. The van der Waals surface area contributed by atoms with Crippen LogP contribution in [0.3, 0.4) is 0 Å². The summed E-state index contributed by atoms with van der Waals surface area (Å²) in [6.45, 7) is 2.37. The van der Waals surface area contributed by atoms with Gasteiger partial charge in [0.05, 0.1) is 0 Å². The van der Waals surface area contributed by atoms with Crippen molar-refractivity contribution in [1.82, 2.24) is 5.32 Å². The summed E-state index contributed by atoms with van der Waals surface area (Å²) in [5, 5.41) is 3.17. The van der Waals surface area contributed by atoms with E-state index in [0.29, 0.717) is 10.8 Å². The first kappa shape index (κ1) is 14.6. The molecule has 18 heavy (non-hydrogen) atoms. The summed E-state index contributed by atoms with van der Waals surface area (Å²) in [6, 6.07) is 0.483. The third-order valence-electron chi connectivity index (χ3n) is 4.05. The van der Waals surface area contributed by atoms with Gasteiger partial charge in [0.15, 0.2) is 0 Å². The Labute approximate surface area is 119 Å². The van der Waals surface area contributed by atoms with E-state index in [-0.39, 0.29) is 5.91 Å². The summed E-state index contributed by atoms with van der Waals surface area (Å²) in [6.07, 6.45) is 10.5. The molecule has 0 aromatic carbocycles. The zero-order valence-corrected chi connectivity index (χ0v) is 13.0. The fourth-order valence-corrected chi connectivity index (χ4v) is 6.10. The molecule has 2 aliphatic rings. The molecule has 1 amide bonds. The fraction of sp³-hybridized carbons (Fsp3) is 0.929. The molecule has 0 aromatic rings. The first-order valence-electron chi connectivity index (χ1n) is 7.28. The summed E-state index contributed by atoms with van der Waals surface area (Å²) in [7, 11) is 4.05. The second-order valence-corrected chi connectivity index (χ2v) is 8.86. The van der Waals surface area contributed by atoms with Crippen LogP contribution in [-0.2, 0) is 4.79 Å². The van der Waals surface area contributed by atoms with Crippen molar-refractivity contribution < 1.29 is 4.79 Å². The van der Waals surface area contributed by atoms with E-state index in [4.69, 9.17) is 0 Å². The molecule has 0 radical (unpaired) electrons. The van der Waals surface area contributed by atoms with Crippen molar-refractivity contribution >= 4 is 27.5 Å². The molecule has 1 aliphatic carbocycles. The van der Waals surface area contributed by atoms with Crippen LogP contribution in [0.1, 0.15) is 64.7 Å². The highest BCUT2D eigenvalue weighted by molar-refractivity contribution is 8.77. The van der Waals surface area contributed by atoms with Gasteiger partial charge in [-0.3, -0.25) is 4.79 Å². The maximum Gasteiger partial charge on any atom is 0.220 e. The van der Waals surface area contributed by atoms with E-state index in [1.807, 2.05) is 21.6 Å². The van der Waals surface area contributed by atoms with Crippen LogP contribution in [0.2, 0.25) is 0 Å². The van der Waals surface area contributed by atoms with Crippen LogP contribution in [0.4, 0.5) is 0 Å². The molecule has 1 heterocycles. The number of hydrogen-bond acceptors (Lipinski definition) is 3. The molecule has 1 aliphatic heterocycles. The van der Waals surface area contributed by atoms with Crippen molar-refractivity contribution in [3.8, 4) is 0 Å². The minimum Gasteiger partial charge on any atom is -0.353 e. The molecule has 4 heteroatoms. The topological polar surface area (TPSA) is 29.1 Å². The van der Waals surface area contributed by atoms with E-state index in [2.05, 4.69) is 12.2 Å². The number of carbonyl (C=O) groups is 1. The highest BCUT2D eigenvalue weighted by Crippen LogP contribution is 2.49. The van der Waals surface area contributed by atoms with E-state index in [1.165, 1.54) is 50.7 Å². The highest BCUT2D eigenvalue weighted by atomic mass is 33.1. The predicted octanol–water partition coefficient (Wildman–Crippen LogP) is 4.15. The monoisotopic (exact) mass is 287 g/mol. The van der Waals surface area contributed by atoms with Crippen LogP contribution >= 0.6 is 21.6 Å². The van der Waals surface area contributed by atoms with Crippen LogP contribution in [0.15, 0.2) is 0 Å². The molecule has 1 atom stereocenters. The minimum absolute atomic E-state index is 0.278. The number of carbonyl (C=O) groups excluding carboxylic acids is 1. The smallest absolute Gasteiger partial charge is 0.220 e. The summed E-state index contributed by atoms with van der Waals surface area (Å²) < 4.78 is 0.479. The van der Waals surface area contributed by atoms with Gasteiger partial charge in [-0.15, -0.1) is 0 Å². The average molecular weight is 287 g/mol. The third-order valence-corrected chi connectivity index (χ3v) is 7.41. The Kier molecular flexibility index (Phi) is 5.74. The van der Waals surface area contributed by atoms with Crippen molar-refractivity contribution in [3.63, 3.8) is 0 Å². The van der Waals surface area contributed by atoms with Gasteiger partial charge in [-0.2, -0.15) is 0 Å². The molecule has 0 aromatic heterocycles. The number of nitrogens with one attached hydrogen (secondary N) is 1. The summed E-state index contributed by atoms with van der Waals surface area (Å²) in [5.41, 5.74) is 0. The molecular formula is C14H25NOS2. The van der Waals surface area contributed by atoms with Gasteiger partial charge in [0.2, 0.25) is 5.91 Å². The second kappa shape index (κ2) is 7.09. The molecule has 2 rings (SSSR count). The molecule has 104 valence electrons. The standard InChI is InChI=1S/C14H25NOS2/c1-14(10-11-17-18-14)9-5-4-8-13(16)15-12-6-2-3-7-12/h12H,2-11H2,1H3,(H,15,16). The highest BCUT2D eigenvalue weighted by Gasteiger charge is 2.29. The van der Waals surface area contributed by atoms with Gasteiger partial charge in [0, 0.05) is 23.0 Å². The van der Waals surface area contributed by atoms with Crippen LogP contribution in [0, 0.1) is 0 Å². The lowest BCUT2D eigenvalue weighted by Gasteiger charge is -2.21. The lowest BCUT2D eigenvalue weighted by molar-refractivity contribution is -0.121. The van der Waals surface area contributed by atoms with Crippen LogP contribution in [0.25, 0.3) is 0 Å². The van der Waals surface area contributed by atoms with Gasteiger partial charge in [-0.1, -0.05) is 40.9 Å². The van der Waals surface area contributed by atoms with Gasteiger partial charge in [-0.05, 0) is 39.0 Å². The Balaban J connectivity index is 1.53. The predicted molar refractivity (Wildman–Crippen MR) is 81.9 cm³/mol. The van der Waals surface area contributed by atoms with E-state index in [1.54, 1.807) is 0 Å². The van der Waals surface area contributed by atoms with E-state index in [9.17, 15) is 4.79 Å². The molecule has 1 saturated heterocycles. The van der Waals surface area contributed by atoms with Crippen molar-refractivity contribution in [2.75, 3.05) is 5.75 Å².